The normalized spacial score (nSPS) is 10.2. The molecule has 0 unspecified atom stereocenters. The molecule has 0 amide bonds. The van der Waals surface area contributed by atoms with Crippen molar-refractivity contribution < 1.29 is 9.90 Å². The van der Waals surface area contributed by atoms with Crippen molar-refractivity contribution in [1.82, 2.24) is 9.97 Å². The number of hydrogen-bond donors (Lipinski definition) is 1. The third-order valence-electron chi connectivity index (χ3n) is 1.94. The highest BCUT2D eigenvalue weighted by molar-refractivity contribution is 7.13. The number of carboxylic acid groups (broad SMARTS) is 1. The van der Waals surface area contributed by atoms with Gasteiger partial charge in [-0.3, -0.25) is 0 Å². The summed E-state index contributed by atoms with van der Waals surface area (Å²) < 4.78 is 0. The first-order chi connectivity index (χ1) is 7.18. The van der Waals surface area contributed by atoms with Crippen LogP contribution in [-0.4, -0.2) is 21.0 Å². The van der Waals surface area contributed by atoms with E-state index >= 15 is 0 Å². The number of carbonyl (C=O) groups is 1. The first-order valence-electron chi connectivity index (χ1n) is 4.29. The number of rotatable bonds is 2. The second-order valence-electron chi connectivity index (χ2n) is 3.00. The van der Waals surface area contributed by atoms with Crippen LogP contribution in [0.4, 0.5) is 0 Å². The standard InChI is InChI=1S/C10H8N2O2S/c1-6-3-5-15-8(6)7-2-4-11-9(12-7)10(13)14/h2-5H,1H3,(H,13,14). The third kappa shape index (κ3) is 1.87. The van der Waals surface area contributed by atoms with E-state index in [1.54, 1.807) is 6.07 Å². The van der Waals surface area contributed by atoms with Gasteiger partial charge in [0.1, 0.15) is 0 Å². The minimum atomic E-state index is -1.11. The molecular formula is C10H8N2O2S. The quantitative estimate of drug-likeness (QED) is 0.842. The van der Waals surface area contributed by atoms with Gasteiger partial charge in [0.2, 0.25) is 5.82 Å². The van der Waals surface area contributed by atoms with Crippen molar-refractivity contribution >= 4 is 17.3 Å². The lowest BCUT2D eigenvalue weighted by Gasteiger charge is -1.99. The molecule has 5 heteroatoms. The van der Waals surface area contributed by atoms with Crippen LogP contribution in [0.2, 0.25) is 0 Å². The first-order valence-corrected chi connectivity index (χ1v) is 5.17. The fourth-order valence-corrected chi connectivity index (χ4v) is 2.12. The van der Waals surface area contributed by atoms with Crippen LogP contribution in [0.3, 0.4) is 0 Å². The summed E-state index contributed by atoms with van der Waals surface area (Å²) in [7, 11) is 0. The topological polar surface area (TPSA) is 63.1 Å². The maximum atomic E-state index is 10.7. The number of hydrogen-bond acceptors (Lipinski definition) is 4. The number of aromatic carboxylic acids is 1. The lowest BCUT2D eigenvalue weighted by atomic mass is 10.2. The Labute approximate surface area is 90.3 Å². The van der Waals surface area contributed by atoms with E-state index in [9.17, 15) is 4.79 Å². The Morgan fingerprint density at radius 2 is 2.27 bits per heavy atom. The van der Waals surface area contributed by atoms with Crippen molar-refractivity contribution in [3.63, 3.8) is 0 Å². The summed E-state index contributed by atoms with van der Waals surface area (Å²) >= 11 is 1.54. The molecule has 76 valence electrons. The van der Waals surface area contributed by atoms with E-state index in [4.69, 9.17) is 5.11 Å². The molecule has 0 fully saturated rings. The molecule has 0 spiro atoms. The molecule has 2 aromatic heterocycles. The lowest BCUT2D eigenvalue weighted by molar-refractivity contribution is 0.0683. The summed E-state index contributed by atoms with van der Waals surface area (Å²) in [5.41, 5.74) is 1.75. The zero-order valence-electron chi connectivity index (χ0n) is 7.97. The Kier molecular flexibility index (Phi) is 2.47. The van der Waals surface area contributed by atoms with Crippen molar-refractivity contribution in [2.75, 3.05) is 0 Å². The van der Waals surface area contributed by atoms with Crippen LogP contribution in [0, 0.1) is 6.92 Å². The minimum absolute atomic E-state index is 0.166. The highest BCUT2D eigenvalue weighted by Gasteiger charge is 2.10. The van der Waals surface area contributed by atoms with Gasteiger partial charge in [-0.05, 0) is 30.0 Å². The van der Waals surface area contributed by atoms with Gasteiger partial charge < -0.3 is 5.11 Å². The average Bonchev–Trinajstić information content (AvgIpc) is 2.64. The Balaban J connectivity index is 2.50. The molecule has 1 N–H and O–H groups in total. The number of carboxylic acids is 1. The monoisotopic (exact) mass is 220 g/mol. The largest absolute Gasteiger partial charge is 0.475 e. The maximum Gasteiger partial charge on any atom is 0.373 e. The minimum Gasteiger partial charge on any atom is -0.475 e. The number of aryl methyl sites for hydroxylation is 1. The molecule has 0 aliphatic heterocycles. The van der Waals surface area contributed by atoms with E-state index in [1.165, 1.54) is 17.5 Å². The zero-order chi connectivity index (χ0) is 10.8. The molecule has 2 aromatic rings. The van der Waals surface area contributed by atoms with E-state index in [-0.39, 0.29) is 5.82 Å². The molecule has 4 nitrogen and oxygen atoms in total. The molecule has 0 saturated carbocycles. The summed E-state index contributed by atoms with van der Waals surface area (Å²) in [5, 5.41) is 10.7. The Hall–Kier alpha value is -1.75. The van der Waals surface area contributed by atoms with E-state index in [1.807, 2.05) is 18.4 Å². The van der Waals surface area contributed by atoms with Gasteiger partial charge >= 0.3 is 5.97 Å². The SMILES string of the molecule is Cc1ccsc1-c1ccnc(C(=O)O)n1. The lowest BCUT2D eigenvalue weighted by Crippen LogP contribution is -2.03. The molecule has 2 rings (SSSR count). The van der Waals surface area contributed by atoms with Crippen LogP contribution >= 0.6 is 11.3 Å². The van der Waals surface area contributed by atoms with Crippen molar-refractivity contribution in [3.8, 4) is 10.6 Å². The summed E-state index contributed by atoms with van der Waals surface area (Å²) in [6.45, 7) is 1.97. The summed E-state index contributed by atoms with van der Waals surface area (Å²) in [5.74, 6) is -1.27. The van der Waals surface area contributed by atoms with Crippen LogP contribution in [0.25, 0.3) is 10.6 Å². The number of nitrogens with zero attached hydrogens (tertiary/aromatic N) is 2. The Morgan fingerprint density at radius 1 is 1.47 bits per heavy atom. The molecule has 2 heterocycles. The molecule has 0 atom stereocenters. The first kappa shape index (κ1) is 9.79. The van der Waals surface area contributed by atoms with E-state index in [2.05, 4.69) is 9.97 Å². The van der Waals surface area contributed by atoms with E-state index in [0.717, 1.165) is 10.4 Å². The van der Waals surface area contributed by atoms with Gasteiger partial charge in [0.15, 0.2) is 0 Å². The van der Waals surface area contributed by atoms with Crippen molar-refractivity contribution in [1.29, 1.82) is 0 Å². The maximum absolute atomic E-state index is 10.7. The van der Waals surface area contributed by atoms with Gasteiger partial charge in [-0.15, -0.1) is 11.3 Å². The average molecular weight is 220 g/mol. The highest BCUT2D eigenvalue weighted by Crippen LogP contribution is 2.26. The van der Waals surface area contributed by atoms with Crippen LogP contribution < -0.4 is 0 Å². The van der Waals surface area contributed by atoms with Gasteiger partial charge in [-0.1, -0.05) is 0 Å². The van der Waals surface area contributed by atoms with Gasteiger partial charge in [0.05, 0.1) is 10.6 Å². The smallest absolute Gasteiger partial charge is 0.373 e. The van der Waals surface area contributed by atoms with E-state index < -0.39 is 5.97 Å². The van der Waals surface area contributed by atoms with Crippen molar-refractivity contribution in [3.05, 3.63) is 35.1 Å². The van der Waals surface area contributed by atoms with Gasteiger partial charge in [0, 0.05) is 6.20 Å². The van der Waals surface area contributed by atoms with Crippen LogP contribution in [-0.2, 0) is 0 Å². The molecule has 0 aliphatic carbocycles. The second-order valence-corrected chi connectivity index (χ2v) is 3.92. The number of thiophene rings is 1. The van der Waals surface area contributed by atoms with Crippen molar-refractivity contribution in [2.24, 2.45) is 0 Å². The molecule has 0 radical (unpaired) electrons. The predicted octanol–water partition coefficient (Wildman–Crippen LogP) is 2.21. The fourth-order valence-electron chi connectivity index (χ4n) is 1.22. The van der Waals surface area contributed by atoms with Crippen LogP contribution in [0.15, 0.2) is 23.7 Å². The summed E-state index contributed by atoms with van der Waals surface area (Å²) in [6.07, 6.45) is 1.46. The Morgan fingerprint density at radius 3 is 2.87 bits per heavy atom. The van der Waals surface area contributed by atoms with Crippen molar-refractivity contribution in [2.45, 2.75) is 6.92 Å². The molecule has 0 bridgehead atoms. The van der Waals surface area contributed by atoms with Gasteiger partial charge in [0.25, 0.3) is 0 Å². The van der Waals surface area contributed by atoms with Gasteiger partial charge in [-0.2, -0.15) is 0 Å². The molecule has 15 heavy (non-hydrogen) atoms. The predicted molar refractivity (Wildman–Crippen MR) is 57.0 cm³/mol. The zero-order valence-corrected chi connectivity index (χ0v) is 8.78. The third-order valence-corrected chi connectivity index (χ3v) is 2.98. The molecule has 0 aromatic carbocycles. The summed E-state index contributed by atoms with van der Waals surface area (Å²) in [6, 6.07) is 3.69. The summed E-state index contributed by atoms with van der Waals surface area (Å²) in [4.78, 5) is 19.3. The number of aromatic nitrogens is 2. The highest BCUT2D eigenvalue weighted by atomic mass is 32.1. The fraction of sp³-hybridized carbons (Fsp3) is 0.100. The second kappa shape index (κ2) is 3.78. The Bertz CT molecular complexity index is 508. The van der Waals surface area contributed by atoms with Gasteiger partial charge in [-0.25, -0.2) is 14.8 Å². The molecule has 0 aliphatic rings. The van der Waals surface area contributed by atoms with Crippen LogP contribution in [0.1, 0.15) is 16.2 Å². The van der Waals surface area contributed by atoms with Crippen LogP contribution in [0.5, 0.6) is 0 Å². The molecular weight excluding hydrogens is 212 g/mol. The molecule has 0 saturated heterocycles. The van der Waals surface area contributed by atoms with E-state index in [0.29, 0.717) is 5.69 Å².